The monoisotopic (exact) mass is 205 g/mol. The second kappa shape index (κ2) is 6.35. The lowest BCUT2D eigenvalue weighted by Crippen LogP contribution is -2.50. The number of hydrogen-bond donors (Lipinski definition) is 3. The van der Waals surface area contributed by atoms with Gasteiger partial charge in [0.15, 0.2) is 0 Å². The van der Waals surface area contributed by atoms with Gasteiger partial charge in [0.2, 0.25) is 0 Å². The first kappa shape index (κ1) is 13.8. The molecule has 2 atom stereocenters. The summed E-state index contributed by atoms with van der Waals surface area (Å²) in [6.45, 7) is 6.03. The van der Waals surface area contributed by atoms with Gasteiger partial charge in [0.05, 0.1) is 13.2 Å². The summed E-state index contributed by atoms with van der Waals surface area (Å²) in [5.41, 5.74) is 4.73. The van der Waals surface area contributed by atoms with Gasteiger partial charge in [0.1, 0.15) is 11.8 Å². The molecule has 4 nitrogen and oxygen atoms in total. The molecule has 0 aliphatic heterocycles. The Bertz CT molecular complexity index is 152. The molecule has 0 bridgehead atoms. The van der Waals surface area contributed by atoms with Crippen LogP contribution in [0.25, 0.3) is 0 Å². The van der Waals surface area contributed by atoms with E-state index in [4.69, 9.17) is 15.6 Å². The van der Waals surface area contributed by atoms with Crippen molar-refractivity contribution in [3.8, 4) is 0 Å². The van der Waals surface area contributed by atoms with E-state index in [0.717, 1.165) is 0 Å². The van der Waals surface area contributed by atoms with Crippen LogP contribution in [0.15, 0.2) is 0 Å². The third kappa shape index (κ3) is 4.37. The van der Waals surface area contributed by atoms with Crippen molar-refractivity contribution in [2.75, 3.05) is 13.2 Å². The summed E-state index contributed by atoms with van der Waals surface area (Å²) in [4.78, 5) is 0. The molecule has 0 aromatic heterocycles. The third-order valence-electron chi connectivity index (χ3n) is 2.29. The van der Waals surface area contributed by atoms with Gasteiger partial charge in [-0.2, -0.15) is 0 Å². The molecule has 0 aromatic carbocycles. The molecule has 4 N–H and O–H groups in total. The van der Waals surface area contributed by atoms with Crippen LogP contribution in [0.5, 0.6) is 0 Å². The van der Waals surface area contributed by atoms with E-state index in [1.807, 2.05) is 20.8 Å². The lowest BCUT2D eigenvalue weighted by molar-refractivity contribution is -0.122. The molecule has 0 aliphatic rings. The maximum atomic E-state index is 10.2. The minimum absolute atomic E-state index is 0.0742. The highest BCUT2D eigenvalue weighted by molar-refractivity contribution is 4.83. The van der Waals surface area contributed by atoms with Crippen molar-refractivity contribution in [3.63, 3.8) is 0 Å². The van der Waals surface area contributed by atoms with Crippen LogP contribution in [0, 0.1) is 5.92 Å². The van der Waals surface area contributed by atoms with Crippen LogP contribution in [-0.2, 0) is 4.74 Å². The van der Waals surface area contributed by atoms with Crippen molar-refractivity contribution in [3.05, 3.63) is 0 Å². The Labute approximate surface area is 86.1 Å². The first-order valence-corrected chi connectivity index (χ1v) is 5.16. The van der Waals surface area contributed by atoms with Gasteiger partial charge in [-0.15, -0.1) is 0 Å². The van der Waals surface area contributed by atoms with E-state index in [2.05, 4.69) is 0 Å². The summed E-state index contributed by atoms with van der Waals surface area (Å²) in [7, 11) is 0. The van der Waals surface area contributed by atoms with Crippen LogP contribution in [0.2, 0.25) is 0 Å². The molecule has 0 fully saturated rings. The van der Waals surface area contributed by atoms with Crippen LogP contribution in [0.1, 0.15) is 33.6 Å². The highest BCUT2D eigenvalue weighted by Gasteiger charge is 2.33. The Morgan fingerprint density at radius 2 is 2.00 bits per heavy atom. The minimum Gasteiger partial charge on any atom is -0.394 e. The van der Waals surface area contributed by atoms with E-state index >= 15 is 0 Å². The molecule has 0 saturated heterocycles. The summed E-state index contributed by atoms with van der Waals surface area (Å²) < 4.78 is 5.13. The van der Waals surface area contributed by atoms with E-state index in [0.29, 0.717) is 18.8 Å². The van der Waals surface area contributed by atoms with Crippen molar-refractivity contribution in [1.82, 2.24) is 0 Å². The van der Waals surface area contributed by atoms with Gasteiger partial charge in [-0.05, 0) is 18.8 Å². The number of rotatable bonds is 7. The number of aliphatic hydroxyl groups is 2. The van der Waals surface area contributed by atoms with Gasteiger partial charge in [0.25, 0.3) is 0 Å². The molecule has 2 unspecified atom stereocenters. The Morgan fingerprint density at radius 1 is 1.43 bits per heavy atom. The largest absolute Gasteiger partial charge is 0.394 e. The zero-order chi connectivity index (χ0) is 11.2. The average Bonchev–Trinajstić information content (AvgIpc) is 2.12. The Hall–Kier alpha value is -0.160. The molecule has 86 valence electrons. The quantitative estimate of drug-likeness (QED) is 0.528. The number of aliphatic hydroxyl groups excluding tert-OH is 1. The molecule has 0 aromatic rings. The van der Waals surface area contributed by atoms with Gasteiger partial charge in [0, 0.05) is 0 Å². The summed E-state index contributed by atoms with van der Waals surface area (Å²) in [6, 6.07) is 0. The molecule has 0 heterocycles. The second-order valence-corrected chi connectivity index (χ2v) is 4.07. The second-order valence-electron chi connectivity index (χ2n) is 4.07. The van der Waals surface area contributed by atoms with Gasteiger partial charge in [-0.1, -0.05) is 20.8 Å². The first-order chi connectivity index (χ1) is 6.46. The van der Waals surface area contributed by atoms with Crippen LogP contribution >= 0.6 is 0 Å². The maximum absolute atomic E-state index is 10.2. The lowest BCUT2D eigenvalue weighted by atomic mass is 9.88. The molecule has 0 aliphatic carbocycles. The normalized spacial score (nSPS) is 18.2. The van der Waals surface area contributed by atoms with Gasteiger partial charge in [-0.3, -0.25) is 0 Å². The Morgan fingerprint density at radius 3 is 2.36 bits per heavy atom. The molecule has 0 spiro atoms. The van der Waals surface area contributed by atoms with Crippen molar-refractivity contribution in [1.29, 1.82) is 0 Å². The zero-order valence-electron chi connectivity index (χ0n) is 9.36. The molecule has 0 amide bonds. The van der Waals surface area contributed by atoms with E-state index in [1.54, 1.807) is 0 Å². The molecule has 0 saturated carbocycles. The third-order valence-corrected chi connectivity index (χ3v) is 2.29. The topological polar surface area (TPSA) is 75.7 Å². The van der Waals surface area contributed by atoms with Crippen LogP contribution in [0.3, 0.4) is 0 Å². The molecular formula is C10H23NO3. The van der Waals surface area contributed by atoms with Crippen LogP contribution < -0.4 is 5.73 Å². The highest BCUT2D eigenvalue weighted by Crippen LogP contribution is 2.23. The summed E-state index contributed by atoms with van der Waals surface area (Å²) in [6.07, 6.45) is 0.440. The van der Waals surface area contributed by atoms with Crippen molar-refractivity contribution in [2.45, 2.75) is 45.4 Å². The summed E-state index contributed by atoms with van der Waals surface area (Å²) >= 11 is 0. The van der Waals surface area contributed by atoms with E-state index < -0.39 is 11.8 Å². The number of nitrogens with two attached hydrogens (primary N) is 1. The maximum Gasteiger partial charge on any atom is 0.134 e. The van der Waals surface area contributed by atoms with Gasteiger partial charge in [-0.25, -0.2) is 0 Å². The van der Waals surface area contributed by atoms with Crippen LogP contribution in [0.4, 0.5) is 0 Å². The Balaban J connectivity index is 4.19. The first-order valence-electron chi connectivity index (χ1n) is 5.16. The molecule has 0 rings (SSSR count). The predicted molar refractivity (Wildman–Crippen MR) is 55.7 cm³/mol. The smallest absolute Gasteiger partial charge is 0.134 e. The fourth-order valence-electron chi connectivity index (χ4n) is 1.50. The fraction of sp³-hybridized carbons (Fsp3) is 1.00. The highest BCUT2D eigenvalue weighted by atomic mass is 16.5. The predicted octanol–water partition coefficient (Wildman–Crippen LogP) is 0.467. The van der Waals surface area contributed by atoms with Crippen LogP contribution in [-0.4, -0.2) is 35.3 Å². The molecule has 14 heavy (non-hydrogen) atoms. The fourth-order valence-corrected chi connectivity index (χ4v) is 1.50. The van der Waals surface area contributed by atoms with Gasteiger partial charge >= 0.3 is 0 Å². The summed E-state index contributed by atoms with van der Waals surface area (Å²) in [5.74, 6) is 0.365. The Kier molecular flexibility index (Phi) is 6.27. The van der Waals surface area contributed by atoms with Crippen molar-refractivity contribution >= 4 is 0 Å². The number of hydrogen-bond acceptors (Lipinski definition) is 4. The molecule has 0 radical (unpaired) electrons. The zero-order valence-corrected chi connectivity index (χ0v) is 9.36. The average molecular weight is 205 g/mol. The van der Waals surface area contributed by atoms with E-state index in [1.165, 1.54) is 0 Å². The lowest BCUT2D eigenvalue weighted by Gasteiger charge is -2.34. The molecular weight excluding hydrogens is 182 g/mol. The van der Waals surface area contributed by atoms with E-state index in [-0.39, 0.29) is 13.2 Å². The minimum atomic E-state index is -0.983. The van der Waals surface area contributed by atoms with Gasteiger partial charge < -0.3 is 20.7 Å². The standard InChI is InChI=1S/C10H23NO3/c1-4-10(13,7-8(2)3)9(11)14-6-5-12/h8-9,12-13H,4-7,11H2,1-3H3. The van der Waals surface area contributed by atoms with E-state index in [9.17, 15) is 5.11 Å². The van der Waals surface area contributed by atoms with Crippen molar-refractivity contribution < 1.29 is 14.9 Å². The number of ether oxygens (including phenoxy) is 1. The molecule has 4 heteroatoms. The SMILES string of the molecule is CCC(O)(CC(C)C)C(N)OCCO. The van der Waals surface area contributed by atoms with Crippen molar-refractivity contribution in [2.24, 2.45) is 11.7 Å². The summed E-state index contributed by atoms with van der Waals surface area (Å²) in [5, 5.41) is 18.7.